The van der Waals surface area contributed by atoms with Gasteiger partial charge in [-0.15, -0.1) is 0 Å². The molecular formula is C28H29N5O3. The van der Waals surface area contributed by atoms with Crippen molar-refractivity contribution in [3.05, 3.63) is 71.7 Å². The van der Waals surface area contributed by atoms with Gasteiger partial charge in [-0.1, -0.05) is 48.4 Å². The molecule has 2 heterocycles. The van der Waals surface area contributed by atoms with Crippen molar-refractivity contribution in [2.75, 3.05) is 13.7 Å². The molecule has 0 radical (unpaired) electrons. The van der Waals surface area contributed by atoms with Crippen molar-refractivity contribution in [1.29, 1.82) is 0 Å². The van der Waals surface area contributed by atoms with E-state index in [1.165, 1.54) is 0 Å². The lowest BCUT2D eigenvalue weighted by Crippen LogP contribution is -2.33. The van der Waals surface area contributed by atoms with E-state index in [1.807, 2.05) is 71.8 Å². The molecule has 1 atom stereocenters. The maximum Gasteiger partial charge on any atom is 0.268 e. The molecule has 8 nitrogen and oxygen atoms in total. The fraction of sp³-hybridized carbons (Fsp3) is 0.321. The first kappa shape index (κ1) is 23.8. The number of hydrogen-bond acceptors (Lipinski definition) is 5. The van der Waals surface area contributed by atoms with Crippen LogP contribution in [0.1, 0.15) is 35.8 Å². The zero-order chi connectivity index (χ0) is 25.1. The van der Waals surface area contributed by atoms with E-state index >= 15 is 0 Å². The summed E-state index contributed by atoms with van der Waals surface area (Å²) in [6, 6.07) is 14.9. The molecule has 1 unspecified atom stereocenters. The van der Waals surface area contributed by atoms with E-state index in [4.69, 9.17) is 9.84 Å². The number of methoxy groups -OCH3 is 1. The number of ether oxygens (including phenoxy) is 1. The van der Waals surface area contributed by atoms with Crippen molar-refractivity contribution in [3.63, 3.8) is 0 Å². The van der Waals surface area contributed by atoms with E-state index in [2.05, 4.69) is 16.9 Å². The first-order chi connectivity index (χ1) is 17.6. The third-order valence-corrected chi connectivity index (χ3v) is 6.44. The lowest BCUT2D eigenvalue weighted by Gasteiger charge is -2.17. The third kappa shape index (κ3) is 4.89. The average molecular weight is 484 g/mol. The van der Waals surface area contributed by atoms with Gasteiger partial charge in [0.05, 0.1) is 18.8 Å². The summed E-state index contributed by atoms with van der Waals surface area (Å²) in [5.74, 6) is 6.50. The van der Waals surface area contributed by atoms with Gasteiger partial charge < -0.3 is 4.74 Å². The van der Waals surface area contributed by atoms with Crippen molar-refractivity contribution in [2.45, 2.75) is 38.8 Å². The molecule has 1 amide bonds. The first-order valence-electron chi connectivity index (χ1n) is 12.1. The van der Waals surface area contributed by atoms with E-state index in [1.54, 1.807) is 11.8 Å². The summed E-state index contributed by atoms with van der Waals surface area (Å²) in [4.78, 5) is 12.9. The van der Waals surface area contributed by atoms with Gasteiger partial charge in [0.2, 0.25) is 0 Å². The monoisotopic (exact) mass is 483 g/mol. The predicted octanol–water partition coefficient (Wildman–Crippen LogP) is 3.91. The van der Waals surface area contributed by atoms with E-state index in [-0.39, 0.29) is 0 Å². The van der Waals surface area contributed by atoms with Crippen LogP contribution in [0.2, 0.25) is 0 Å². The summed E-state index contributed by atoms with van der Waals surface area (Å²) < 4.78 is 8.74. The van der Waals surface area contributed by atoms with E-state index < -0.39 is 11.9 Å². The highest BCUT2D eigenvalue weighted by atomic mass is 16.5. The first-order valence-corrected chi connectivity index (χ1v) is 12.1. The number of nitrogens with zero attached hydrogens (tertiary/aromatic N) is 4. The van der Waals surface area contributed by atoms with Crippen molar-refractivity contribution < 1.29 is 14.7 Å². The Labute approximate surface area is 209 Å². The van der Waals surface area contributed by atoms with E-state index in [0.717, 1.165) is 46.1 Å². The minimum atomic E-state index is -0.772. The molecule has 0 bridgehead atoms. The standard InChI is InChI=1S/C28H29N5O3/c1-19-24(18-32(29-19)15-16-36-2)22-9-6-10-23-25(14-13-20-11-12-20)33(30-27(22)23)26(28(34)31-35)17-21-7-4-3-5-8-21/h3-10,18,20,26,35H,11-12,15-17H2,1-2H3,(H,31,34). The van der Waals surface area contributed by atoms with Gasteiger partial charge in [0.1, 0.15) is 17.3 Å². The van der Waals surface area contributed by atoms with Crippen LogP contribution in [0.25, 0.3) is 22.0 Å². The lowest BCUT2D eigenvalue weighted by atomic mass is 10.0. The molecule has 1 fully saturated rings. The van der Waals surface area contributed by atoms with Crippen LogP contribution in [0.3, 0.4) is 0 Å². The van der Waals surface area contributed by atoms with Crippen LogP contribution in [0.15, 0.2) is 54.7 Å². The minimum absolute atomic E-state index is 0.364. The van der Waals surface area contributed by atoms with Gasteiger partial charge in [-0.05, 0) is 37.3 Å². The molecule has 2 aromatic carbocycles. The quantitative estimate of drug-likeness (QED) is 0.225. The number of rotatable bonds is 8. The number of carbonyl (C=O) groups excluding carboxylic acids is 1. The van der Waals surface area contributed by atoms with Crippen LogP contribution < -0.4 is 5.48 Å². The Hall–Kier alpha value is -3.93. The Balaban J connectivity index is 1.66. The summed E-state index contributed by atoms with van der Waals surface area (Å²) in [6.45, 7) is 3.19. The molecule has 4 aromatic rings. The van der Waals surface area contributed by atoms with Gasteiger partial charge in [-0.3, -0.25) is 14.7 Å². The highest BCUT2D eigenvalue weighted by Gasteiger charge is 2.27. The van der Waals surface area contributed by atoms with Gasteiger partial charge in [-0.2, -0.15) is 10.2 Å². The van der Waals surface area contributed by atoms with Crippen molar-refractivity contribution in [2.24, 2.45) is 5.92 Å². The second kappa shape index (κ2) is 10.4. The zero-order valence-electron chi connectivity index (χ0n) is 20.4. The smallest absolute Gasteiger partial charge is 0.268 e. The molecule has 2 N–H and O–H groups in total. The predicted molar refractivity (Wildman–Crippen MR) is 136 cm³/mol. The summed E-state index contributed by atoms with van der Waals surface area (Å²) in [7, 11) is 1.67. The number of aryl methyl sites for hydroxylation is 1. The molecule has 0 saturated heterocycles. The molecule has 1 saturated carbocycles. The van der Waals surface area contributed by atoms with Crippen LogP contribution in [-0.4, -0.2) is 44.4 Å². The normalized spacial score (nSPS) is 13.9. The average Bonchev–Trinajstić information content (AvgIpc) is 3.55. The number of hydroxylamine groups is 1. The van der Waals surface area contributed by atoms with Gasteiger partial charge in [0.25, 0.3) is 5.91 Å². The molecule has 8 heteroatoms. The SMILES string of the molecule is COCCn1cc(-c2cccc3c(C#CC4CC4)n(C(Cc4ccccc4)C(=O)NO)nc23)c(C)n1. The number of amides is 1. The highest BCUT2D eigenvalue weighted by molar-refractivity contribution is 5.97. The van der Waals surface area contributed by atoms with Gasteiger partial charge in [0.15, 0.2) is 0 Å². The number of aromatic nitrogens is 4. The van der Waals surface area contributed by atoms with Crippen LogP contribution in [0.5, 0.6) is 0 Å². The zero-order valence-corrected chi connectivity index (χ0v) is 20.4. The second-order valence-electron chi connectivity index (χ2n) is 9.10. The lowest BCUT2D eigenvalue weighted by molar-refractivity contribution is -0.132. The van der Waals surface area contributed by atoms with Crippen LogP contribution in [0, 0.1) is 24.7 Å². The van der Waals surface area contributed by atoms with Gasteiger partial charge in [0, 0.05) is 42.2 Å². The molecule has 2 aromatic heterocycles. The Morgan fingerprint density at radius 3 is 2.69 bits per heavy atom. The van der Waals surface area contributed by atoms with E-state index in [9.17, 15) is 10.0 Å². The summed E-state index contributed by atoms with van der Waals surface area (Å²) in [5.41, 5.74) is 6.99. The highest BCUT2D eigenvalue weighted by Crippen LogP contribution is 2.34. The summed E-state index contributed by atoms with van der Waals surface area (Å²) in [6.07, 6.45) is 4.55. The Bertz CT molecular complexity index is 1440. The summed E-state index contributed by atoms with van der Waals surface area (Å²) in [5, 5.41) is 20.0. The molecule has 0 aliphatic heterocycles. The third-order valence-electron chi connectivity index (χ3n) is 6.44. The van der Waals surface area contributed by atoms with Crippen molar-refractivity contribution >= 4 is 16.8 Å². The Kier molecular flexibility index (Phi) is 6.85. The number of hydrogen-bond donors (Lipinski definition) is 2. The van der Waals surface area contributed by atoms with Crippen molar-refractivity contribution in [3.8, 4) is 23.0 Å². The molecule has 0 spiro atoms. The molecular weight excluding hydrogens is 454 g/mol. The maximum absolute atomic E-state index is 12.9. The molecule has 5 rings (SSSR count). The number of carbonyl (C=O) groups is 1. The maximum atomic E-state index is 12.9. The van der Waals surface area contributed by atoms with Gasteiger partial charge in [-0.25, -0.2) is 10.2 Å². The van der Waals surface area contributed by atoms with E-state index in [0.29, 0.717) is 31.2 Å². The fourth-order valence-corrected chi connectivity index (χ4v) is 4.37. The number of benzene rings is 2. The largest absolute Gasteiger partial charge is 0.383 e. The Morgan fingerprint density at radius 2 is 1.97 bits per heavy atom. The van der Waals surface area contributed by atoms with Crippen molar-refractivity contribution in [1.82, 2.24) is 25.0 Å². The fourth-order valence-electron chi connectivity index (χ4n) is 4.37. The topological polar surface area (TPSA) is 94.2 Å². The second-order valence-corrected chi connectivity index (χ2v) is 9.10. The van der Waals surface area contributed by atoms with Crippen LogP contribution in [0.4, 0.5) is 0 Å². The number of fused-ring (bicyclic) bond motifs is 1. The molecule has 1 aliphatic carbocycles. The molecule has 1 aliphatic rings. The molecule has 36 heavy (non-hydrogen) atoms. The van der Waals surface area contributed by atoms with Gasteiger partial charge >= 0.3 is 0 Å². The summed E-state index contributed by atoms with van der Waals surface area (Å²) >= 11 is 0. The minimum Gasteiger partial charge on any atom is -0.383 e. The number of nitrogens with one attached hydrogen (secondary N) is 1. The Morgan fingerprint density at radius 1 is 1.17 bits per heavy atom. The molecule has 184 valence electrons. The van der Waals surface area contributed by atoms with Crippen LogP contribution >= 0.6 is 0 Å². The van der Waals surface area contributed by atoms with Crippen LogP contribution in [-0.2, 0) is 22.5 Å².